The molecule has 0 spiro atoms. The summed E-state index contributed by atoms with van der Waals surface area (Å²) < 4.78 is 24.3. The van der Waals surface area contributed by atoms with Crippen LogP contribution in [0.25, 0.3) is 33.5 Å². The van der Waals surface area contributed by atoms with Gasteiger partial charge in [0, 0.05) is 9.86 Å². The summed E-state index contributed by atoms with van der Waals surface area (Å²) in [5.74, 6) is 0.599. The van der Waals surface area contributed by atoms with E-state index in [0.29, 0.717) is 40.2 Å². The van der Waals surface area contributed by atoms with Crippen molar-refractivity contribution in [2.75, 3.05) is 19.8 Å². The van der Waals surface area contributed by atoms with Crippen molar-refractivity contribution in [3.63, 3.8) is 0 Å². The summed E-state index contributed by atoms with van der Waals surface area (Å²) in [7, 11) is 0. The fourth-order valence-corrected chi connectivity index (χ4v) is 4.69. The highest BCUT2D eigenvalue weighted by molar-refractivity contribution is 9.10. The number of hydrogen-bond acceptors (Lipinski definition) is 8. The lowest BCUT2D eigenvalue weighted by Gasteiger charge is -2.14. The van der Waals surface area contributed by atoms with Crippen LogP contribution in [-0.4, -0.2) is 41.7 Å². The van der Waals surface area contributed by atoms with E-state index in [2.05, 4.69) is 21.0 Å². The molecule has 0 saturated heterocycles. The van der Waals surface area contributed by atoms with E-state index < -0.39 is 5.97 Å². The van der Waals surface area contributed by atoms with Gasteiger partial charge in [-0.05, 0) is 67.9 Å². The molecule has 0 saturated carbocycles. The Morgan fingerprint density at radius 1 is 1.10 bits per heavy atom. The molecule has 2 heterocycles. The standard InChI is InChI=1S/C29H23BrClN3O6/c1-3-37-24-12-17(11-21(31)27(24)39-16-26(35)38-4-2)15-32-34-28(33-22-8-6-5-7-20(22)29(34)36)25-14-18-13-19(30)9-10-23(18)40-25/h5-15H,3-4,16H2,1-2H3. The largest absolute Gasteiger partial charge is 0.490 e. The number of aromatic nitrogens is 2. The molecule has 0 aliphatic heterocycles. The molecule has 40 heavy (non-hydrogen) atoms. The highest BCUT2D eigenvalue weighted by Gasteiger charge is 2.18. The smallest absolute Gasteiger partial charge is 0.344 e. The van der Waals surface area contributed by atoms with Gasteiger partial charge in [-0.1, -0.05) is 39.7 Å². The van der Waals surface area contributed by atoms with Gasteiger partial charge < -0.3 is 18.6 Å². The molecule has 0 aliphatic carbocycles. The second-order valence-corrected chi connectivity index (χ2v) is 9.79. The predicted molar refractivity (Wildman–Crippen MR) is 157 cm³/mol. The Labute approximate surface area is 242 Å². The summed E-state index contributed by atoms with van der Waals surface area (Å²) >= 11 is 9.96. The van der Waals surface area contributed by atoms with Gasteiger partial charge in [0.15, 0.2) is 23.9 Å². The van der Waals surface area contributed by atoms with Gasteiger partial charge in [0.1, 0.15) is 5.58 Å². The molecule has 3 aromatic carbocycles. The van der Waals surface area contributed by atoms with Crippen LogP contribution in [0.15, 0.2) is 79.4 Å². The number of rotatable bonds is 9. The Morgan fingerprint density at radius 3 is 2.73 bits per heavy atom. The van der Waals surface area contributed by atoms with Crippen LogP contribution >= 0.6 is 27.5 Å². The number of hydrogen-bond donors (Lipinski definition) is 0. The average molecular weight is 625 g/mol. The molecule has 204 valence electrons. The quantitative estimate of drug-likeness (QED) is 0.137. The molecule has 0 bridgehead atoms. The van der Waals surface area contributed by atoms with Crippen molar-refractivity contribution in [1.29, 1.82) is 0 Å². The second-order valence-electron chi connectivity index (χ2n) is 8.46. The number of para-hydroxylation sites is 1. The number of esters is 1. The Kier molecular flexibility index (Phi) is 8.18. The third-order valence-electron chi connectivity index (χ3n) is 5.75. The van der Waals surface area contributed by atoms with Crippen LogP contribution in [0, 0.1) is 0 Å². The van der Waals surface area contributed by atoms with Crippen molar-refractivity contribution in [3.8, 4) is 23.1 Å². The molecule has 5 aromatic rings. The monoisotopic (exact) mass is 623 g/mol. The maximum atomic E-state index is 13.6. The van der Waals surface area contributed by atoms with Gasteiger partial charge in [-0.15, -0.1) is 0 Å². The van der Waals surface area contributed by atoms with Gasteiger partial charge in [-0.2, -0.15) is 9.78 Å². The van der Waals surface area contributed by atoms with Crippen LogP contribution in [0.3, 0.4) is 0 Å². The van der Waals surface area contributed by atoms with Crippen molar-refractivity contribution >= 4 is 61.6 Å². The topological polar surface area (TPSA) is 105 Å². The number of halogens is 2. The highest BCUT2D eigenvalue weighted by Crippen LogP contribution is 2.36. The fraction of sp³-hybridized carbons (Fsp3) is 0.172. The van der Waals surface area contributed by atoms with Crippen LogP contribution in [0.4, 0.5) is 0 Å². The van der Waals surface area contributed by atoms with E-state index in [1.54, 1.807) is 37.3 Å². The summed E-state index contributed by atoms with van der Waals surface area (Å²) in [6.07, 6.45) is 1.46. The third kappa shape index (κ3) is 5.73. The van der Waals surface area contributed by atoms with E-state index in [0.717, 1.165) is 9.86 Å². The molecule has 9 nitrogen and oxygen atoms in total. The number of fused-ring (bicyclic) bond motifs is 2. The predicted octanol–water partition coefficient (Wildman–Crippen LogP) is 6.45. The normalized spacial score (nSPS) is 11.4. The Morgan fingerprint density at radius 2 is 1.93 bits per heavy atom. The fourth-order valence-electron chi connectivity index (χ4n) is 4.04. The van der Waals surface area contributed by atoms with E-state index in [4.69, 9.17) is 35.2 Å². The van der Waals surface area contributed by atoms with Crippen molar-refractivity contribution in [3.05, 3.63) is 86.1 Å². The van der Waals surface area contributed by atoms with E-state index in [-0.39, 0.29) is 35.4 Å². The summed E-state index contributed by atoms with van der Waals surface area (Å²) in [6.45, 7) is 3.76. The molecular weight excluding hydrogens is 602 g/mol. The van der Waals surface area contributed by atoms with E-state index in [1.165, 1.54) is 10.9 Å². The zero-order chi connectivity index (χ0) is 28.2. The minimum absolute atomic E-state index is 0.198. The van der Waals surface area contributed by atoms with Gasteiger partial charge in [-0.3, -0.25) is 4.79 Å². The van der Waals surface area contributed by atoms with Gasteiger partial charge >= 0.3 is 5.97 Å². The summed E-state index contributed by atoms with van der Waals surface area (Å²) in [6, 6.07) is 17.7. The molecule has 0 N–H and O–H groups in total. The Balaban J connectivity index is 1.58. The molecule has 0 unspecified atom stereocenters. The number of nitrogens with zero attached hydrogens (tertiary/aromatic N) is 3. The zero-order valence-corrected chi connectivity index (χ0v) is 23.9. The maximum absolute atomic E-state index is 13.6. The van der Waals surface area contributed by atoms with E-state index >= 15 is 0 Å². The molecule has 0 atom stereocenters. The first-order valence-corrected chi connectivity index (χ1v) is 13.6. The molecule has 0 amide bonds. The van der Waals surface area contributed by atoms with Crippen LogP contribution in [0.5, 0.6) is 11.5 Å². The highest BCUT2D eigenvalue weighted by atomic mass is 79.9. The maximum Gasteiger partial charge on any atom is 0.344 e. The molecule has 11 heteroatoms. The van der Waals surface area contributed by atoms with E-state index in [9.17, 15) is 9.59 Å². The molecular formula is C29H23BrClN3O6. The lowest BCUT2D eigenvalue weighted by atomic mass is 10.2. The molecule has 2 aromatic heterocycles. The average Bonchev–Trinajstić information content (AvgIpc) is 3.35. The van der Waals surface area contributed by atoms with Crippen LogP contribution in [0.2, 0.25) is 5.02 Å². The lowest BCUT2D eigenvalue weighted by Crippen LogP contribution is -2.20. The number of furan rings is 1. The van der Waals surface area contributed by atoms with Gasteiger partial charge in [0.25, 0.3) is 5.56 Å². The second kappa shape index (κ2) is 11.9. The number of carbonyl (C=O) groups is 1. The lowest BCUT2D eigenvalue weighted by molar-refractivity contribution is -0.145. The summed E-state index contributed by atoms with van der Waals surface area (Å²) in [5, 5.41) is 5.92. The van der Waals surface area contributed by atoms with Gasteiger partial charge in [0.05, 0.1) is 35.4 Å². The van der Waals surface area contributed by atoms with Crippen molar-refractivity contribution in [1.82, 2.24) is 9.66 Å². The number of benzene rings is 3. The minimum atomic E-state index is -0.527. The molecule has 0 fully saturated rings. The van der Waals surface area contributed by atoms with Crippen molar-refractivity contribution < 1.29 is 23.4 Å². The van der Waals surface area contributed by atoms with Crippen LogP contribution in [0.1, 0.15) is 19.4 Å². The Bertz CT molecular complexity index is 1810. The summed E-state index contributed by atoms with van der Waals surface area (Å²) in [4.78, 5) is 30.0. The van der Waals surface area contributed by atoms with Crippen LogP contribution < -0.4 is 15.0 Å². The number of carbonyl (C=O) groups excluding carboxylic acids is 1. The first-order chi connectivity index (χ1) is 19.4. The van der Waals surface area contributed by atoms with E-state index in [1.807, 2.05) is 37.3 Å². The van der Waals surface area contributed by atoms with Gasteiger partial charge in [0.2, 0.25) is 5.82 Å². The molecule has 5 rings (SSSR count). The number of ether oxygens (including phenoxy) is 3. The molecule has 0 radical (unpaired) electrons. The Hall–Kier alpha value is -4.15. The third-order valence-corrected chi connectivity index (χ3v) is 6.52. The van der Waals surface area contributed by atoms with Crippen molar-refractivity contribution in [2.24, 2.45) is 5.10 Å². The van der Waals surface area contributed by atoms with Crippen molar-refractivity contribution in [2.45, 2.75) is 13.8 Å². The molecule has 0 aliphatic rings. The van der Waals surface area contributed by atoms with Crippen LogP contribution in [-0.2, 0) is 9.53 Å². The first-order valence-electron chi connectivity index (χ1n) is 12.4. The zero-order valence-electron chi connectivity index (χ0n) is 21.5. The summed E-state index contributed by atoms with van der Waals surface area (Å²) in [5.41, 5.74) is 1.31. The SMILES string of the molecule is CCOC(=O)COc1c(Cl)cc(C=Nn2c(-c3cc4cc(Br)ccc4o3)nc3ccccc3c2=O)cc1OCC. The first kappa shape index (κ1) is 27.4. The van der Waals surface area contributed by atoms with Gasteiger partial charge in [-0.25, -0.2) is 9.78 Å². The minimum Gasteiger partial charge on any atom is -0.490 e.